The van der Waals surface area contributed by atoms with E-state index in [9.17, 15) is 0 Å². The van der Waals surface area contributed by atoms with Gasteiger partial charge in [0.2, 0.25) is 0 Å². The summed E-state index contributed by atoms with van der Waals surface area (Å²) >= 11 is 6.50. The third-order valence-corrected chi connectivity index (χ3v) is 4.75. The number of nitrogens with one attached hydrogen (secondary N) is 1. The Balaban J connectivity index is 0.00000300. The zero-order valence-corrected chi connectivity index (χ0v) is 18.1. The van der Waals surface area contributed by atoms with Gasteiger partial charge in [-0.15, -0.1) is 12.4 Å². The van der Waals surface area contributed by atoms with Gasteiger partial charge in [0, 0.05) is 17.6 Å². The van der Waals surface area contributed by atoms with E-state index in [1.54, 1.807) is 0 Å². The lowest BCUT2D eigenvalue weighted by atomic mass is 10.1. The fourth-order valence-electron chi connectivity index (χ4n) is 2.93. The normalized spacial score (nSPS) is 10.3. The maximum absolute atomic E-state index is 6.50. The molecule has 1 N–H and O–H groups in total. The zero-order chi connectivity index (χ0) is 19.6. The molecule has 3 rings (SSSR count). The van der Waals surface area contributed by atoms with Crippen molar-refractivity contribution in [1.82, 2.24) is 5.32 Å². The van der Waals surface area contributed by atoms with Gasteiger partial charge in [-0.05, 0) is 42.6 Å². The molecule has 154 valence electrons. The minimum absolute atomic E-state index is 0. The highest BCUT2D eigenvalue weighted by Gasteiger charge is 2.11. The van der Waals surface area contributed by atoms with Crippen molar-refractivity contribution in [2.45, 2.75) is 26.5 Å². The second-order valence-corrected chi connectivity index (χ2v) is 6.92. The molecule has 0 saturated carbocycles. The number of halogens is 2. The summed E-state index contributed by atoms with van der Waals surface area (Å²) < 4.78 is 11.8. The third-order valence-electron chi connectivity index (χ3n) is 4.40. The Kier molecular flexibility index (Phi) is 9.85. The van der Waals surface area contributed by atoms with Crippen molar-refractivity contribution < 1.29 is 9.47 Å². The topological polar surface area (TPSA) is 30.5 Å². The van der Waals surface area contributed by atoms with Gasteiger partial charge in [0.15, 0.2) is 11.5 Å². The van der Waals surface area contributed by atoms with Crippen LogP contribution in [0, 0.1) is 0 Å². The number of ether oxygens (including phenoxy) is 2. The molecule has 0 saturated heterocycles. The van der Waals surface area contributed by atoms with E-state index in [0.717, 1.165) is 29.8 Å². The van der Waals surface area contributed by atoms with E-state index in [4.69, 9.17) is 21.1 Å². The lowest BCUT2D eigenvalue weighted by Crippen LogP contribution is -2.17. The van der Waals surface area contributed by atoms with Crippen molar-refractivity contribution in [3.63, 3.8) is 0 Å². The van der Waals surface area contributed by atoms with Crippen molar-refractivity contribution in [1.29, 1.82) is 0 Å². The van der Waals surface area contributed by atoms with Crippen LogP contribution in [0.4, 0.5) is 0 Å². The van der Waals surface area contributed by atoms with Crippen LogP contribution in [-0.2, 0) is 19.6 Å². The lowest BCUT2D eigenvalue weighted by molar-refractivity contribution is 0.269. The van der Waals surface area contributed by atoms with Gasteiger partial charge in [-0.2, -0.15) is 0 Å². The Morgan fingerprint density at radius 1 is 0.828 bits per heavy atom. The Hall–Kier alpha value is -2.20. The highest BCUT2D eigenvalue weighted by molar-refractivity contribution is 6.31. The Bertz CT molecular complexity index is 858. The molecule has 0 atom stereocenters. The van der Waals surface area contributed by atoms with Crippen molar-refractivity contribution in [2.24, 2.45) is 0 Å². The SMILES string of the molecule is CCOc1cc(CNCCc2ccccc2)c(Cl)cc1OCc1ccccc1.Cl. The van der Waals surface area contributed by atoms with Gasteiger partial charge in [-0.1, -0.05) is 72.3 Å². The molecule has 3 aromatic rings. The highest BCUT2D eigenvalue weighted by Crippen LogP contribution is 2.34. The van der Waals surface area contributed by atoms with Crippen LogP contribution >= 0.6 is 24.0 Å². The highest BCUT2D eigenvalue weighted by atomic mass is 35.5. The molecule has 0 fully saturated rings. The molecule has 0 bridgehead atoms. The van der Waals surface area contributed by atoms with Gasteiger partial charge in [-0.25, -0.2) is 0 Å². The molecule has 5 heteroatoms. The van der Waals surface area contributed by atoms with Crippen LogP contribution in [0.25, 0.3) is 0 Å². The average molecular weight is 432 g/mol. The van der Waals surface area contributed by atoms with Crippen LogP contribution < -0.4 is 14.8 Å². The second kappa shape index (κ2) is 12.4. The number of hydrogen-bond acceptors (Lipinski definition) is 3. The van der Waals surface area contributed by atoms with Crippen molar-refractivity contribution in [3.05, 3.63) is 94.5 Å². The molecular weight excluding hydrogens is 405 g/mol. The van der Waals surface area contributed by atoms with Crippen molar-refractivity contribution in [2.75, 3.05) is 13.2 Å². The van der Waals surface area contributed by atoms with Gasteiger partial charge in [0.1, 0.15) is 6.61 Å². The largest absolute Gasteiger partial charge is 0.490 e. The number of rotatable bonds is 10. The Morgan fingerprint density at radius 2 is 1.45 bits per heavy atom. The summed E-state index contributed by atoms with van der Waals surface area (Å²) in [7, 11) is 0. The molecule has 3 nitrogen and oxygen atoms in total. The summed E-state index contributed by atoms with van der Waals surface area (Å²) in [5.74, 6) is 1.39. The predicted octanol–water partition coefficient (Wildman–Crippen LogP) is 6.07. The van der Waals surface area contributed by atoms with E-state index in [-0.39, 0.29) is 12.4 Å². The van der Waals surface area contributed by atoms with E-state index < -0.39 is 0 Å². The molecule has 0 aliphatic rings. The average Bonchev–Trinajstić information content (AvgIpc) is 2.73. The summed E-state index contributed by atoms with van der Waals surface area (Å²) in [6, 6.07) is 24.3. The molecule has 0 aliphatic heterocycles. The lowest BCUT2D eigenvalue weighted by Gasteiger charge is -2.15. The molecule has 0 unspecified atom stereocenters. The first-order valence-corrected chi connectivity index (χ1v) is 10.0. The summed E-state index contributed by atoms with van der Waals surface area (Å²) in [6.07, 6.45) is 0.981. The Morgan fingerprint density at radius 3 is 2.10 bits per heavy atom. The minimum Gasteiger partial charge on any atom is -0.490 e. The van der Waals surface area contributed by atoms with Crippen LogP contribution in [0.5, 0.6) is 11.5 Å². The third kappa shape index (κ3) is 7.28. The van der Waals surface area contributed by atoms with Gasteiger partial charge in [0.25, 0.3) is 0 Å². The second-order valence-electron chi connectivity index (χ2n) is 6.51. The van der Waals surface area contributed by atoms with E-state index in [1.807, 2.05) is 55.5 Å². The molecule has 0 radical (unpaired) electrons. The maximum Gasteiger partial charge on any atom is 0.163 e. The van der Waals surface area contributed by atoms with E-state index in [0.29, 0.717) is 30.5 Å². The fourth-order valence-corrected chi connectivity index (χ4v) is 3.15. The monoisotopic (exact) mass is 431 g/mol. The van der Waals surface area contributed by atoms with Gasteiger partial charge in [-0.3, -0.25) is 0 Å². The van der Waals surface area contributed by atoms with Crippen molar-refractivity contribution in [3.8, 4) is 11.5 Å². The smallest absolute Gasteiger partial charge is 0.163 e. The summed E-state index contributed by atoms with van der Waals surface area (Å²) in [4.78, 5) is 0. The summed E-state index contributed by atoms with van der Waals surface area (Å²) in [6.45, 7) is 4.59. The molecule has 0 aliphatic carbocycles. The first kappa shape index (κ1) is 23.1. The molecule has 3 aromatic carbocycles. The van der Waals surface area contributed by atoms with E-state index in [1.165, 1.54) is 5.56 Å². The molecule has 0 aromatic heterocycles. The van der Waals surface area contributed by atoms with Gasteiger partial charge < -0.3 is 14.8 Å². The van der Waals surface area contributed by atoms with Crippen LogP contribution in [0.3, 0.4) is 0 Å². The van der Waals surface area contributed by atoms with Crippen LogP contribution in [0.15, 0.2) is 72.8 Å². The minimum atomic E-state index is 0. The van der Waals surface area contributed by atoms with E-state index >= 15 is 0 Å². The standard InChI is InChI=1S/C24H26ClNO2.ClH/c1-2-27-23-15-21(17-26-14-13-19-9-5-3-6-10-19)22(25)16-24(23)28-18-20-11-7-4-8-12-20;/h3-12,15-16,26H,2,13-14,17-18H2,1H3;1H. The number of hydrogen-bond donors (Lipinski definition) is 1. The predicted molar refractivity (Wildman–Crippen MR) is 122 cm³/mol. The van der Waals surface area contributed by atoms with Gasteiger partial charge in [0.05, 0.1) is 6.61 Å². The molecule has 29 heavy (non-hydrogen) atoms. The Labute approximate surface area is 184 Å². The molecule has 0 amide bonds. The van der Waals surface area contributed by atoms with Crippen LogP contribution in [0.2, 0.25) is 5.02 Å². The van der Waals surface area contributed by atoms with Gasteiger partial charge >= 0.3 is 0 Å². The first-order chi connectivity index (χ1) is 13.8. The van der Waals surface area contributed by atoms with Crippen LogP contribution in [-0.4, -0.2) is 13.2 Å². The summed E-state index contributed by atoms with van der Waals surface area (Å²) in [5.41, 5.74) is 3.43. The quantitative estimate of drug-likeness (QED) is 0.395. The van der Waals surface area contributed by atoms with E-state index in [2.05, 4.69) is 29.6 Å². The number of benzene rings is 3. The molecule has 0 heterocycles. The fraction of sp³-hybridized carbons (Fsp3) is 0.250. The molecular formula is C24H27Cl2NO2. The van der Waals surface area contributed by atoms with Crippen molar-refractivity contribution >= 4 is 24.0 Å². The summed E-state index contributed by atoms with van der Waals surface area (Å²) in [5, 5.41) is 4.14. The van der Waals surface area contributed by atoms with Crippen LogP contribution in [0.1, 0.15) is 23.6 Å². The zero-order valence-electron chi connectivity index (χ0n) is 16.6. The maximum atomic E-state index is 6.50. The molecule has 0 spiro atoms. The first-order valence-electron chi connectivity index (χ1n) is 9.63.